The molecule has 0 aliphatic carbocycles. The highest BCUT2D eigenvalue weighted by molar-refractivity contribution is 5.51. The predicted molar refractivity (Wildman–Crippen MR) is 50.7 cm³/mol. The number of nitrogens with two attached hydrogens (primary N) is 1. The quantitative estimate of drug-likeness (QED) is 0.637. The molecule has 1 heterocycles. The lowest BCUT2D eigenvalue weighted by molar-refractivity contribution is 1.23. The Kier molecular flexibility index (Phi) is 2.54. The zero-order valence-corrected chi connectivity index (χ0v) is 6.96. The molecule has 1 aromatic heterocycles. The van der Waals surface area contributed by atoms with Crippen LogP contribution in [0.2, 0.25) is 0 Å². The Morgan fingerprint density at radius 1 is 1.75 bits per heavy atom. The third-order valence-corrected chi connectivity index (χ3v) is 1.52. The summed E-state index contributed by atoms with van der Waals surface area (Å²) in [5.41, 5.74) is 7.29. The zero-order valence-electron chi connectivity index (χ0n) is 6.96. The maximum atomic E-state index is 5.59. The Bertz CT molecular complexity index is 312. The minimum atomic E-state index is 0.482. The van der Waals surface area contributed by atoms with Gasteiger partial charge in [0.25, 0.3) is 0 Å². The van der Waals surface area contributed by atoms with E-state index in [9.17, 15) is 0 Å². The van der Waals surface area contributed by atoms with Crippen LogP contribution in [0.25, 0.3) is 0 Å². The van der Waals surface area contributed by atoms with E-state index in [0.717, 1.165) is 11.4 Å². The van der Waals surface area contributed by atoms with E-state index in [4.69, 9.17) is 12.2 Å². The second-order valence-corrected chi connectivity index (χ2v) is 2.48. The molecular weight excluding hydrogens is 150 g/mol. The van der Waals surface area contributed by atoms with Crippen LogP contribution in [0.5, 0.6) is 0 Å². The van der Waals surface area contributed by atoms with Gasteiger partial charge in [-0.15, -0.1) is 6.42 Å². The van der Waals surface area contributed by atoms with Crippen LogP contribution in [-0.4, -0.2) is 11.5 Å². The van der Waals surface area contributed by atoms with Crippen molar-refractivity contribution >= 4 is 11.5 Å². The molecular formula is C9H11N3. The Balaban J connectivity index is 2.77. The van der Waals surface area contributed by atoms with Gasteiger partial charge in [0.1, 0.15) is 5.82 Å². The summed E-state index contributed by atoms with van der Waals surface area (Å²) >= 11 is 0. The minimum absolute atomic E-state index is 0.482. The molecule has 3 nitrogen and oxygen atoms in total. The van der Waals surface area contributed by atoms with E-state index < -0.39 is 0 Å². The largest absolute Gasteiger partial charge is 0.397 e. The van der Waals surface area contributed by atoms with Crippen LogP contribution < -0.4 is 11.1 Å². The molecule has 0 amide bonds. The first kappa shape index (κ1) is 8.41. The number of pyridine rings is 1. The molecule has 1 aromatic rings. The van der Waals surface area contributed by atoms with Crippen LogP contribution in [0.1, 0.15) is 5.56 Å². The van der Waals surface area contributed by atoms with Crippen molar-refractivity contribution in [2.45, 2.75) is 6.92 Å². The molecule has 0 saturated heterocycles. The van der Waals surface area contributed by atoms with Crippen molar-refractivity contribution in [2.24, 2.45) is 0 Å². The predicted octanol–water partition coefficient (Wildman–Crippen LogP) is 1.02. The summed E-state index contributed by atoms with van der Waals surface area (Å²) in [5.74, 6) is 3.23. The minimum Gasteiger partial charge on any atom is -0.397 e. The first-order valence-electron chi connectivity index (χ1n) is 3.63. The van der Waals surface area contributed by atoms with Crippen molar-refractivity contribution in [1.82, 2.24) is 4.98 Å². The van der Waals surface area contributed by atoms with Crippen molar-refractivity contribution in [3.8, 4) is 12.3 Å². The number of terminal acetylenes is 1. The molecule has 12 heavy (non-hydrogen) atoms. The summed E-state index contributed by atoms with van der Waals surface area (Å²) < 4.78 is 0. The standard InChI is InChI=1S/C9H11N3/c1-3-4-11-9-5-7(2)8(10)6-12-9/h1,5-6H,4,10H2,2H3,(H,11,12). The summed E-state index contributed by atoms with van der Waals surface area (Å²) in [5, 5.41) is 2.96. The number of hydrogen-bond acceptors (Lipinski definition) is 3. The Morgan fingerprint density at radius 2 is 2.50 bits per heavy atom. The van der Waals surface area contributed by atoms with Crippen molar-refractivity contribution in [3.05, 3.63) is 17.8 Å². The highest BCUT2D eigenvalue weighted by Gasteiger charge is 1.95. The summed E-state index contributed by atoms with van der Waals surface area (Å²) in [6.45, 7) is 2.41. The van der Waals surface area contributed by atoms with E-state index in [1.54, 1.807) is 6.20 Å². The van der Waals surface area contributed by atoms with Crippen LogP contribution in [0.4, 0.5) is 11.5 Å². The van der Waals surface area contributed by atoms with Crippen molar-refractivity contribution in [1.29, 1.82) is 0 Å². The van der Waals surface area contributed by atoms with Gasteiger partial charge >= 0.3 is 0 Å². The Hall–Kier alpha value is -1.69. The van der Waals surface area contributed by atoms with E-state index in [1.165, 1.54) is 0 Å². The fraction of sp³-hybridized carbons (Fsp3) is 0.222. The number of aryl methyl sites for hydroxylation is 1. The first-order valence-corrected chi connectivity index (χ1v) is 3.63. The van der Waals surface area contributed by atoms with Gasteiger partial charge in [-0.25, -0.2) is 4.98 Å². The topological polar surface area (TPSA) is 50.9 Å². The van der Waals surface area contributed by atoms with Crippen LogP contribution in [-0.2, 0) is 0 Å². The molecule has 1 rings (SSSR count). The molecule has 0 spiro atoms. The van der Waals surface area contributed by atoms with E-state index in [2.05, 4.69) is 16.2 Å². The van der Waals surface area contributed by atoms with Crippen LogP contribution in [0.15, 0.2) is 12.3 Å². The van der Waals surface area contributed by atoms with Crippen molar-refractivity contribution in [3.63, 3.8) is 0 Å². The van der Waals surface area contributed by atoms with Gasteiger partial charge in [-0.1, -0.05) is 5.92 Å². The van der Waals surface area contributed by atoms with Crippen molar-refractivity contribution < 1.29 is 0 Å². The second kappa shape index (κ2) is 3.63. The first-order chi connectivity index (χ1) is 5.74. The average Bonchev–Trinajstić information content (AvgIpc) is 2.07. The number of nitrogens with zero attached hydrogens (tertiary/aromatic N) is 1. The molecule has 0 radical (unpaired) electrons. The smallest absolute Gasteiger partial charge is 0.127 e. The van der Waals surface area contributed by atoms with E-state index in [-0.39, 0.29) is 0 Å². The molecule has 0 aliphatic heterocycles. The molecule has 0 saturated carbocycles. The van der Waals surface area contributed by atoms with E-state index in [1.807, 2.05) is 13.0 Å². The number of anilines is 2. The normalized spacial score (nSPS) is 9.00. The SMILES string of the molecule is C#CCNc1cc(C)c(N)cn1. The van der Waals surface area contributed by atoms with Gasteiger partial charge in [-0.3, -0.25) is 0 Å². The second-order valence-electron chi connectivity index (χ2n) is 2.48. The molecule has 0 bridgehead atoms. The number of nitrogens with one attached hydrogen (secondary N) is 1. The average molecular weight is 161 g/mol. The maximum absolute atomic E-state index is 5.59. The van der Waals surface area contributed by atoms with Gasteiger partial charge in [0, 0.05) is 0 Å². The highest BCUT2D eigenvalue weighted by atomic mass is 15.0. The van der Waals surface area contributed by atoms with Gasteiger partial charge in [-0.05, 0) is 18.6 Å². The lowest BCUT2D eigenvalue weighted by atomic mass is 10.2. The highest BCUT2D eigenvalue weighted by Crippen LogP contribution is 2.12. The summed E-state index contributed by atoms with van der Waals surface area (Å²) in [6, 6.07) is 1.87. The van der Waals surface area contributed by atoms with E-state index >= 15 is 0 Å². The Morgan fingerprint density at radius 3 is 3.08 bits per heavy atom. The number of aromatic nitrogens is 1. The summed E-state index contributed by atoms with van der Waals surface area (Å²) in [7, 11) is 0. The van der Waals surface area contributed by atoms with Gasteiger partial charge in [0.2, 0.25) is 0 Å². The third kappa shape index (κ3) is 1.89. The lowest BCUT2D eigenvalue weighted by Gasteiger charge is -2.03. The molecule has 62 valence electrons. The molecule has 0 aromatic carbocycles. The van der Waals surface area contributed by atoms with Gasteiger partial charge in [0.15, 0.2) is 0 Å². The fourth-order valence-electron chi connectivity index (χ4n) is 0.805. The third-order valence-electron chi connectivity index (χ3n) is 1.52. The lowest BCUT2D eigenvalue weighted by Crippen LogP contribution is -2.02. The van der Waals surface area contributed by atoms with Crippen LogP contribution >= 0.6 is 0 Å². The molecule has 3 heteroatoms. The molecule has 0 aliphatic rings. The zero-order chi connectivity index (χ0) is 8.97. The molecule has 0 unspecified atom stereocenters. The maximum Gasteiger partial charge on any atom is 0.127 e. The van der Waals surface area contributed by atoms with Gasteiger partial charge in [0.05, 0.1) is 18.4 Å². The van der Waals surface area contributed by atoms with Crippen LogP contribution in [0, 0.1) is 19.3 Å². The van der Waals surface area contributed by atoms with Crippen LogP contribution in [0.3, 0.4) is 0 Å². The summed E-state index contributed by atoms with van der Waals surface area (Å²) in [6.07, 6.45) is 6.70. The summed E-state index contributed by atoms with van der Waals surface area (Å²) in [4.78, 5) is 4.04. The molecule has 0 fully saturated rings. The Labute approximate surface area is 72.0 Å². The van der Waals surface area contributed by atoms with Crippen molar-refractivity contribution in [2.75, 3.05) is 17.6 Å². The van der Waals surface area contributed by atoms with E-state index in [0.29, 0.717) is 12.2 Å². The van der Waals surface area contributed by atoms with Gasteiger partial charge in [-0.2, -0.15) is 0 Å². The monoisotopic (exact) mass is 161 g/mol. The fourth-order valence-corrected chi connectivity index (χ4v) is 0.805. The molecule has 3 N–H and O–H groups in total. The number of hydrogen-bond donors (Lipinski definition) is 2. The van der Waals surface area contributed by atoms with Gasteiger partial charge < -0.3 is 11.1 Å². The number of rotatable bonds is 2. The molecule has 0 atom stereocenters. The number of nitrogen functional groups attached to an aromatic ring is 1.